The van der Waals surface area contributed by atoms with Gasteiger partial charge in [-0.15, -0.1) is 0 Å². The van der Waals surface area contributed by atoms with E-state index in [1.807, 2.05) is 6.07 Å². The molecular formula is C22H24F3N5. The highest BCUT2D eigenvalue weighted by molar-refractivity contribution is 5.58. The maximum absolute atomic E-state index is 12.8. The molecule has 158 valence electrons. The molecular weight excluding hydrogens is 391 g/mol. The number of hydrogen-bond donors (Lipinski definition) is 1. The molecule has 1 atom stereocenters. The van der Waals surface area contributed by atoms with Gasteiger partial charge in [0.2, 0.25) is 5.82 Å². The average molecular weight is 415 g/mol. The van der Waals surface area contributed by atoms with Crippen molar-refractivity contribution in [3.63, 3.8) is 0 Å². The van der Waals surface area contributed by atoms with E-state index in [2.05, 4.69) is 44.9 Å². The Hall–Kier alpha value is -2.48. The quantitative estimate of drug-likeness (QED) is 0.769. The molecule has 2 saturated heterocycles. The molecule has 2 aliphatic heterocycles. The van der Waals surface area contributed by atoms with E-state index in [9.17, 15) is 13.2 Å². The molecule has 0 aromatic carbocycles. The zero-order chi connectivity index (χ0) is 21.0. The Kier molecular flexibility index (Phi) is 4.57. The number of nitrogens with one attached hydrogen (secondary N) is 1. The van der Waals surface area contributed by atoms with Crippen LogP contribution >= 0.6 is 0 Å². The highest BCUT2D eigenvalue weighted by Gasteiger charge is 2.49. The molecule has 4 fully saturated rings. The monoisotopic (exact) mass is 415 g/mol. The number of rotatable bonds is 6. The van der Waals surface area contributed by atoms with Crippen molar-refractivity contribution in [1.29, 1.82) is 0 Å². The zero-order valence-corrected chi connectivity index (χ0v) is 16.8. The fourth-order valence-corrected chi connectivity index (χ4v) is 4.69. The molecule has 2 saturated carbocycles. The first-order chi connectivity index (χ1) is 14.3. The molecule has 0 radical (unpaired) electrons. The molecule has 4 heterocycles. The molecule has 30 heavy (non-hydrogen) atoms. The molecule has 5 nitrogen and oxygen atoms in total. The lowest BCUT2D eigenvalue weighted by atomic mass is 9.82. The number of pyridine rings is 1. The normalized spacial score (nSPS) is 25.8. The standard InChI is InChI=1S/C22H24F3N5/c1-12(20-15-7-17(8-15)30(20)2)26-9-13-5-18(14-3-4-14)29-19(6-13)16-10-27-21(28-11-16)22(23,24)25/h5-6,10-11,14-15,17,20,26H,1,3-4,7-9H2,2H3/t15?,17?,20-/m1/s1. The summed E-state index contributed by atoms with van der Waals surface area (Å²) in [7, 11) is 2.16. The van der Waals surface area contributed by atoms with Crippen molar-refractivity contribution in [2.24, 2.45) is 5.92 Å². The number of likely N-dealkylation sites (N-methyl/N-ethyl adjacent to an activating group) is 1. The van der Waals surface area contributed by atoms with Crippen molar-refractivity contribution in [3.8, 4) is 11.3 Å². The van der Waals surface area contributed by atoms with Gasteiger partial charge in [0.05, 0.1) is 11.7 Å². The number of fused-ring (bicyclic) bond motifs is 1. The Balaban J connectivity index is 1.35. The molecule has 2 aromatic rings. The Morgan fingerprint density at radius 2 is 1.90 bits per heavy atom. The van der Waals surface area contributed by atoms with E-state index >= 15 is 0 Å². The lowest BCUT2D eigenvalue weighted by Crippen LogP contribution is -2.33. The first-order valence-electron chi connectivity index (χ1n) is 10.3. The summed E-state index contributed by atoms with van der Waals surface area (Å²) < 4.78 is 38.3. The van der Waals surface area contributed by atoms with Crippen LogP contribution in [0.2, 0.25) is 0 Å². The number of aromatic nitrogens is 3. The zero-order valence-electron chi connectivity index (χ0n) is 16.8. The summed E-state index contributed by atoms with van der Waals surface area (Å²) in [6.45, 7) is 4.88. The SMILES string of the molecule is C=C(NCc1cc(-c2cnc(C(F)(F)F)nc2)nc(C2CC2)c1)[C@@H]1C2CC(C2)N1C. The summed E-state index contributed by atoms with van der Waals surface area (Å²) in [5.41, 5.74) is 4.15. The summed E-state index contributed by atoms with van der Waals surface area (Å²) in [6.07, 6.45) is 2.54. The second-order valence-electron chi connectivity index (χ2n) is 8.73. The van der Waals surface area contributed by atoms with Crippen molar-refractivity contribution < 1.29 is 13.2 Å². The third-order valence-electron chi connectivity index (χ3n) is 6.59. The topological polar surface area (TPSA) is 53.9 Å². The van der Waals surface area contributed by atoms with Gasteiger partial charge in [-0.2, -0.15) is 13.2 Å². The number of hydrogen-bond acceptors (Lipinski definition) is 5. The van der Waals surface area contributed by atoms with Gasteiger partial charge in [-0.1, -0.05) is 6.58 Å². The highest BCUT2D eigenvalue weighted by atomic mass is 19.4. The molecule has 0 unspecified atom stereocenters. The number of alkyl halides is 3. The Morgan fingerprint density at radius 1 is 1.20 bits per heavy atom. The highest BCUT2D eigenvalue weighted by Crippen LogP contribution is 2.46. The van der Waals surface area contributed by atoms with Gasteiger partial charge in [0, 0.05) is 47.9 Å². The van der Waals surface area contributed by atoms with Crippen molar-refractivity contribution in [2.75, 3.05) is 7.05 Å². The Labute approximate surface area is 173 Å². The van der Waals surface area contributed by atoms with Gasteiger partial charge in [-0.05, 0) is 56.3 Å². The fraction of sp³-hybridized carbons (Fsp3) is 0.500. The van der Waals surface area contributed by atoms with E-state index in [4.69, 9.17) is 0 Å². The minimum Gasteiger partial charge on any atom is -0.383 e. The van der Waals surface area contributed by atoms with Crippen LogP contribution in [0.5, 0.6) is 0 Å². The molecule has 2 aromatic heterocycles. The first-order valence-corrected chi connectivity index (χ1v) is 10.3. The van der Waals surface area contributed by atoms with Crippen LogP contribution < -0.4 is 5.32 Å². The molecule has 6 rings (SSSR count). The molecule has 0 spiro atoms. The van der Waals surface area contributed by atoms with Gasteiger partial charge >= 0.3 is 6.18 Å². The van der Waals surface area contributed by atoms with Crippen LogP contribution in [0.4, 0.5) is 13.2 Å². The van der Waals surface area contributed by atoms with Gasteiger partial charge in [-0.3, -0.25) is 9.88 Å². The van der Waals surface area contributed by atoms with Crippen LogP contribution in [0.15, 0.2) is 36.8 Å². The second-order valence-corrected chi connectivity index (χ2v) is 8.73. The summed E-state index contributed by atoms with van der Waals surface area (Å²) in [5.74, 6) is -0.0170. The van der Waals surface area contributed by atoms with Gasteiger partial charge in [0.1, 0.15) is 0 Å². The van der Waals surface area contributed by atoms with E-state index in [1.54, 1.807) is 0 Å². The number of halogens is 3. The van der Waals surface area contributed by atoms with E-state index < -0.39 is 12.0 Å². The molecule has 0 amide bonds. The molecule has 1 N–H and O–H groups in total. The summed E-state index contributed by atoms with van der Waals surface area (Å²) in [4.78, 5) is 14.0. The van der Waals surface area contributed by atoms with Gasteiger partial charge < -0.3 is 5.32 Å². The minimum atomic E-state index is -4.55. The summed E-state index contributed by atoms with van der Waals surface area (Å²) >= 11 is 0. The van der Waals surface area contributed by atoms with Crippen LogP contribution in [0.3, 0.4) is 0 Å². The van der Waals surface area contributed by atoms with Gasteiger partial charge in [0.25, 0.3) is 0 Å². The fourth-order valence-electron chi connectivity index (χ4n) is 4.69. The van der Waals surface area contributed by atoms with Crippen LogP contribution in [-0.4, -0.2) is 39.0 Å². The van der Waals surface area contributed by atoms with E-state index in [0.717, 1.165) is 29.8 Å². The lowest BCUT2D eigenvalue weighted by molar-refractivity contribution is -0.144. The van der Waals surface area contributed by atoms with Gasteiger partial charge in [0.15, 0.2) is 0 Å². The second kappa shape index (κ2) is 7.04. The smallest absolute Gasteiger partial charge is 0.383 e. The molecule has 2 bridgehead atoms. The molecule has 4 aliphatic rings. The van der Waals surface area contributed by atoms with E-state index in [1.165, 1.54) is 25.2 Å². The Bertz CT molecular complexity index is 962. The minimum absolute atomic E-state index is 0.377. The third-order valence-corrected chi connectivity index (χ3v) is 6.59. The number of nitrogens with zero attached hydrogens (tertiary/aromatic N) is 4. The van der Waals surface area contributed by atoms with Gasteiger partial charge in [-0.25, -0.2) is 9.97 Å². The largest absolute Gasteiger partial charge is 0.451 e. The summed E-state index contributed by atoms with van der Waals surface area (Å²) in [6, 6.07) is 5.05. The lowest BCUT2D eigenvalue weighted by Gasteiger charge is -2.23. The molecule has 8 heteroatoms. The van der Waals surface area contributed by atoms with Crippen LogP contribution in [0, 0.1) is 5.92 Å². The van der Waals surface area contributed by atoms with Crippen LogP contribution in [0.25, 0.3) is 11.3 Å². The predicted octanol–water partition coefficient (Wildman–Crippen LogP) is 4.13. The third kappa shape index (κ3) is 3.57. The van der Waals surface area contributed by atoms with Crippen LogP contribution in [-0.2, 0) is 12.7 Å². The van der Waals surface area contributed by atoms with Crippen LogP contribution in [0.1, 0.15) is 48.7 Å². The van der Waals surface area contributed by atoms with E-state index in [0.29, 0.717) is 41.7 Å². The predicted molar refractivity (Wildman–Crippen MR) is 106 cm³/mol. The average Bonchev–Trinajstić information content (AvgIpc) is 3.42. The van der Waals surface area contributed by atoms with E-state index in [-0.39, 0.29) is 0 Å². The Morgan fingerprint density at radius 3 is 2.47 bits per heavy atom. The first kappa shape index (κ1) is 19.5. The van der Waals surface area contributed by atoms with Crippen molar-refractivity contribution >= 4 is 0 Å². The van der Waals surface area contributed by atoms with Crippen molar-refractivity contribution in [3.05, 3.63) is 53.9 Å². The maximum atomic E-state index is 12.8. The maximum Gasteiger partial charge on any atom is 0.451 e. The van der Waals surface area contributed by atoms with Crippen molar-refractivity contribution in [1.82, 2.24) is 25.2 Å². The summed E-state index contributed by atoms with van der Waals surface area (Å²) in [5, 5.41) is 3.48. The molecule has 2 aliphatic carbocycles. The van der Waals surface area contributed by atoms with Crippen molar-refractivity contribution in [2.45, 2.75) is 56.4 Å².